The lowest BCUT2D eigenvalue weighted by molar-refractivity contribution is 0.118. The maximum Gasteiger partial charge on any atom is 0.407 e. The van der Waals surface area contributed by atoms with E-state index in [1.54, 1.807) is 12.1 Å². The lowest BCUT2D eigenvalue weighted by atomic mass is 10.1. The highest BCUT2D eigenvalue weighted by Crippen LogP contribution is 2.07. The summed E-state index contributed by atoms with van der Waals surface area (Å²) in [7, 11) is 0. The van der Waals surface area contributed by atoms with Crippen LogP contribution < -0.4 is 21.3 Å². The van der Waals surface area contributed by atoms with Crippen LogP contribution in [0.4, 0.5) is 19.2 Å². The number of carbonyl (C=O) groups is 4. The molecule has 0 aromatic heterocycles. The van der Waals surface area contributed by atoms with Crippen LogP contribution in [0.3, 0.4) is 0 Å². The topological polar surface area (TPSA) is 181 Å². The zero-order valence-electron chi connectivity index (χ0n) is 23.6. The Balaban J connectivity index is 1.56. The van der Waals surface area contributed by atoms with E-state index in [0.29, 0.717) is 6.42 Å². The zero-order valence-corrected chi connectivity index (χ0v) is 23.6. The van der Waals surface area contributed by atoms with Gasteiger partial charge in [0, 0.05) is 32.6 Å². The predicted molar refractivity (Wildman–Crippen MR) is 152 cm³/mol. The first-order chi connectivity index (χ1) is 20.9. The van der Waals surface area contributed by atoms with Crippen molar-refractivity contribution in [1.82, 2.24) is 21.3 Å². The van der Waals surface area contributed by atoms with E-state index in [0.717, 1.165) is 22.3 Å². The Labute approximate surface area is 249 Å². The number of hydrogen-bond donors (Lipinski definition) is 4. The number of alkyl carbamates (subject to hydrolysis) is 4. The van der Waals surface area contributed by atoms with Gasteiger partial charge in [-0.2, -0.15) is 5.26 Å². The Bertz CT molecular complexity index is 1190. The zero-order chi connectivity index (χ0) is 31.1. The van der Waals surface area contributed by atoms with Crippen molar-refractivity contribution >= 4 is 24.4 Å². The van der Waals surface area contributed by atoms with Gasteiger partial charge < -0.3 is 45.1 Å². The number of rotatable bonds is 16. The summed E-state index contributed by atoms with van der Waals surface area (Å²) in [6.07, 6.45) is -2.04. The monoisotopic (exact) mass is 594 g/mol. The van der Waals surface area contributed by atoms with Gasteiger partial charge in [-0.1, -0.05) is 48.5 Å². The average Bonchev–Trinajstić information content (AvgIpc) is 3.01. The highest BCUT2D eigenvalue weighted by Gasteiger charge is 2.07. The van der Waals surface area contributed by atoms with Crippen molar-refractivity contribution in [2.24, 2.45) is 0 Å². The van der Waals surface area contributed by atoms with Crippen molar-refractivity contribution in [3.63, 3.8) is 0 Å². The highest BCUT2D eigenvalue weighted by molar-refractivity contribution is 5.68. The van der Waals surface area contributed by atoms with Gasteiger partial charge in [0.15, 0.2) is 6.61 Å². The van der Waals surface area contributed by atoms with E-state index < -0.39 is 24.4 Å². The van der Waals surface area contributed by atoms with E-state index in [9.17, 15) is 19.2 Å². The van der Waals surface area contributed by atoms with E-state index in [1.165, 1.54) is 0 Å². The van der Waals surface area contributed by atoms with Gasteiger partial charge >= 0.3 is 24.4 Å². The molecule has 4 amide bonds. The van der Waals surface area contributed by atoms with Crippen LogP contribution in [0.5, 0.6) is 0 Å². The Morgan fingerprint density at radius 2 is 1.02 bits per heavy atom. The largest absolute Gasteiger partial charge is 0.449 e. The molecule has 4 N–H and O–H groups in total. The average molecular weight is 595 g/mol. The van der Waals surface area contributed by atoms with Crippen LogP contribution >= 0.6 is 0 Å². The highest BCUT2D eigenvalue weighted by atomic mass is 16.6. The number of hydrogen-bond acceptors (Lipinski definition) is 9. The van der Waals surface area contributed by atoms with Gasteiger partial charge in [0.2, 0.25) is 6.54 Å². The summed E-state index contributed by atoms with van der Waals surface area (Å²) in [5.74, 6) is 0. The van der Waals surface area contributed by atoms with Crippen molar-refractivity contribution in [2.75, 3.05) is 33.0 Å². The van der Waals surface area contributed by atoms with Crippen LogP contribution in [-0.2, 0) is 45.1 Å². The van der Waals surface area contributed by atoms with Gasteiger partial charge in [-0.05, 0) is 22.3 Å². The third-order valence-corrected chi connectivity index (χ3v) is 5.37. The molecular weight excluding hydrogens is 560 g/mol. The van der Waals surface area contributed by atoms with E-state index in [2.05, 4.69) is 26.1 Å². The van der Waals surface area contributed by atoms with Crippen LogP contribution in [-0.4, -0.2) is 57.3 Å². The standard InChI is InChI=1S/C29H34N6O8/c1-31-11-15-43-29(39)35-21-25-9-3-8-24(17-25)20-34-28(38)42-14-5-13-41-27(37)33-19-23-7-2-6-22(16-23)18-32-26(36)40-12-4-10-30/h2-3,6-9,16-17H,4-5,11-15,18-21H2,(H,32,36)(H,33,37)(H,34,38)(H,35,39). The number of nitrogens with zero attached hydrogens (tertiary/aromatic N) is 2. The van der Waals surface area contributed by atoms with Crippen LogP contribution in [0, 0.1) is 17.9 Å². The molecule has 0 bridgehead atoms. The maximum atomic E-state index is 12.0. The molecule has 0 aliphatic heterocycles. The summed E-state index contributed by atoms with van der Waals surface area (Å²) in [6, 6.07) is 16.3. The summed E-state index contributed by atoms with van der Waals surface area (Å²) < 4.78 is 19.9. The fourth-order valence-corrected chi connectivity index (χ4v) is 3.36. The summed E-state index contributed by atoms with van der Waals surface area (Å²) in [5, 5.41) is 18.9. The minimum absolute atomic E-state index is 0.0256. The second-order valence-electron chi connectivity index (χ2n) is 8.74. The van der Waals surface area contributed by atoms with Crippen molar-refractivity contribution in [1.29, 1.82) is 5.26 Å². The SMILES string of the molecule is [C-]#[N+]CCOC(=O)NCc1cccc(CNC(=O)OCCCOC(=O)NCc2cccc(CNC(=O)OCCC#N)c2)c1. The molecule has 0 saturated heterocycles. The molecule has 2 aromatic carbocycles. The molecule has 228 valence electrons. The minimum atomic E-state index is -0.625. The van der Waals surface area contributed by atoms with E-state index >= 15 is 0 Å². The molecule has 43 heavy (non-hydrogen) atoms. The Morgan fingerprint density at radius 3 is 1.40 bits per heavy atom. The van der Waals surface area contributed by atoms with Crippen LogP contribution in [0.1, 0.15) is 35.1 Å². The molecule has 2 rings (SSSR count). The van der Waals surface area contributed by atoms with Gasteiger partial charge in [0.05, 0.1) is 25.7 Å². The molecule has 0 atom stereocenters. The molecule has 14 nitrogen and oxygen atoms in total. The first-order valence-corrected chi connectivity index (χ1v) is 13.4. The van der Waals surface area contributed by atoms with Crippen molar-refractivity contribution < 1.29 is 38.1 Å². The fourth-order valence-electron chi connectivity index (χ4n) is 3.36. The smallest absolute Gasteiger partial charge is 0.407 e. The number of nitrogens with one attached hydrogen (secondary N) is 4. The van der Waals surface area contributed by atoms with Gasteiger partial charge in [0.25, 0.3) is 0 Å². The van der Waals surface area contributed by atoms with Crippen molar-refractivity contribution in [2.45, 2.75) is 39.0 Å². The first kappa shape index (κ1) is 33.7. The molecule has 0 heterocycles. The second-order valence-corrected chi connectivity index (χ2v) is 8.74. The Hall–Kier alpha value is -5.50. The second kappa shape index (κ2) is 20.4. The fraction of sp³-hybridized carbons (Fsp3) is 0.379. The quantitative estimate of drug-likeness (QED) is 0.128. The number of benzene rings is 2. The summed E-state index contributed by atoms with van der Waals surface area (Å²) >= 11 is 0. The molecule has 0 aliphatic carbocycles. The predicted octanol–water partition coefficient (Wildman–Crippen LogP) is 3.51. The lowest BCUT2D eigenvalue weighted by Crippen LogP contribution is -2.26. The Kier molecular flexibility index (Phi) is 16.0. The molecule has 2 aromatic rings. The molecule has 0 radical (unpaired) electrons. The van der Waals surface area contributed by atoms with Crippen LogP contribution in [0.25, 0.3) is 4.85 Å². The Morgan fingerprint density at radius 1 is 0.651 bits per heavy atom. The van der Waals surface area contributed by atoms with E-state index in [-0.39, 0.29) is 65.6 Å². The van der Waals surface area contributed by atoms with Gasteiger partial charge in [-0.3, -0.25) is 0 Å². The van der Waals surface area contributed by atoms with Crippen LogP contribution in [0.15, 0.2) is 48.5 Å². The van der Waals surface area contributed by atoms with Crippen molar-refractivity contribution in [3.05, 3.63) is 82.2 Å². The van der Waals surface area contributed by atoms with Gasteiger partial charge in [-0.15, -0.1) is 0 Å². The van der Waals surface area contributed by atoms with E-state index in [4.69, 9.17) is 30.8 Å². The van der Waals surface area contributed by atoms with Crippen molar-refractivity contribution in [3.8, 4) is 6.07 Å². The number of amides is 4. The lowest BCUT2D eigenvalue weighted by Gasteiger charge is -2.10. The molecule has 0 fully saturated rings. The molecule has 0 aliphatic rings. The summed E-state index contributed by atoms with van der Waals surface area (Å²) in [5.41, 5.74) is 3.21. The molecule has 0 saturated carbocycles. The number of nitriles is 1. The van der Waals surface area contributed by atoms with E-state index in [1.807, 2.05) is 42.5 Å². The normalized spacial score (nSPS) is 9.81. The third-order valence-electron chi connectivity index (χ3n) is 5.37. The van der Waals surface area contributed by atoms with Gasteiger partial charge in [-0.25, -0.2) is 25.8 Å². The summed E-state index contributed by atoms with van der Waals surface area (Å²) in [6.45, 7) is 7.81. The minimum Gasteiger partial charge on any atom is -0.449 e. The first-order valence-electron chi connectivity index (χ1n) is 13.4. The number of carbonyl (C=O) groups excluding carboxylic acids is 4. The number of ether oxygens (including phenoxy) is 4. The maximum absolute atomic E-state index is 12.0. The molecule has 14 heteroatoms. The van der Waals surface area contributed by atoms with Gasteiger partial charge in [0.1, 0.15) is 6.61 Å². The summed E-state index contributed by atoms with van der Waals surface area (Å²) in [4.78, 5) is 50.2. The molecular formula is C29H34N6O8. The molecule has 0 unspecified atom stereocenters. The third kappa shape index (κ3) is 15.8. The molecule has 0 spiro atoms. The van der Waals surface area contributed by atoms with Crippen LogP contribution in [0.2, 0.25) is 0 Å².